The van der Waals surface area contributed by atoms with Crippen LogP contribution in [0.25, 0.3) is 0 Å². The zero-order chi connectivity index (χ0) is 12.6. The van der Waals surface area contributed by atoms with Crippen molar-refractivity contribution in [2.45, 2.75) is 25.6 Å². The highest BCUT2D eigenvalue weighted by Crippen LogP contribution is 2.41. The first-order valence-corrected chi connectivity index (χ1v) is 7.99. The van der Waals surface area contributed by atoms with E-state index in [1.165, 1.54) is 30.9 Å². The van der Waals surface area contributed by atoms with Gasteiger partial charge >= 0.3 is 0 Å². The average molecular weight is 374 g/mol. The molecule has 0 radical (unpaired) electrons. The molecule has 0 aliphatic heterocycles. The summed E-state index contributed by atoms with van der Waals surface area (Å²) in [6, 6.07) is 8.66. The molecule has 1 heterocycles. The van der Waals surface area contributed by atoms with Crippen molar-refractivity contribution in [3.8, 4) is 0 Å². The highest BCUT2D eigenvalue weighted by atomic mass is 79.9. The summed E-state index contributed by atoms with van der Waals surface area (Å²) >= 11 is 9.30. The van der Waals surface area contributed by atoms with Crippen LogP contribution in [0.1, 0.15) is 31.3 Å². The number of alkyl halides is 1. The summed E-state index contributed by atoms with van der Waals surface area (Å²) in [4.78, 5) is 2.95. The molecule has 3 heteroatoms. The summed E-state index contributed by atoms with van der Waals surface area (Å²) in [6.45, 7) is 6.49. The number of rotatable bonds is 2. The van der Waals surface area contributed by atoms with Crippen LogP contribution in [0.3, 0.4) is 0 Å². The van der Waals surface area contributed by atoms with E-state index in [0.717, 1.165) is 0 Å². The van der Waals surface area contributed by atoms with E-state index in [1.54, 1.807) is 0 Å². The van der Waals surface area contributed by atoms with Crippen LogP contribution in [-0.4, -0.2) is 0 Å². The van der Waals surface area contributed by atoms with Gasteiger partial charge in [-0.15, -0.1) is 11.3 Å². The Morgan fingerprint density at radius 2 is 1.88 bits per heavy atom. The maximum Gasteiger partial charge on any atom is 0.0752 e. The largest absolute Gasteiger partial charge is 0.143 e. The second-order valence-corrected chi connectivity index (χ2v) is 7.28. The van der Waals surface area contributed by atoms with Gasteiger partial charge in [0.05, 0.1) is 4.83 Å². The smallest absolute Gasteiger partial charge is 0.0752 e. The van der Waals surface area contributed by atoms with Gasteiger partial charge in [0, 0.05) is 14.2 Å². The van der Waals surface area contributed by atoms with Gasteiger partial charge in [0.15, 0.2) is 0 Å². The molecule has 0 aliphatic rings. The number of hydrogen-bond donors (Lipinski definition) is 0. The topological polar surface area (TPSA) is 0 Å². The lowest BCUT2D eigenvalue weighted by molar-refractivity contribution is 1.15. The molecule has 0 bridgehead atoms. The van der Waals surface area contributed by atoms with Gasteiger partial charge in [-0.2, -0.15) is 0 Å². The van der Waals surface area contributed by atoms with Gasteiger partial charge in [-0.05, 0) is 59.5 Å². The van der Waals surface area contributed by atoms with Crippen molar-refractivity contribution in [1.29, 1.82) is 0 Å². The molecule has 0 fully saturated rings. The number of thiophene rings is 1. The minimum atomic E-state index is 0.274. The Morgan fingerprint density at radius 1 is 1.18 bits per heavy atom. The first-order chi connectivity index (χ1) is 8.00. The zero-order valence-corrected chi connectivity index (χ0v) is 14.0. The summed E-state index contributed by atoms with van der Waals surface area (Å²) in [5.41, 5.74) is 4.07. The molecule has 1 aromatic heterocycles. The Hall–Kier alpha value is -0.120. The molecule has 1 unspecified atom stereocenters. The summed E-state index contributed by atoms with van der Waals surface area (Å²) in [7, 11) is 0. The third-order valence-electron chi connectivity index (χ3n) is 2.99. The number of hydrogen-bond acceptors (Lipinski definition) is 1. The highest BCUT2D eigenvalue weighted by Gasteiger charge is 2.18. The molecule has 90 valence electrons. The first-order valence-electron chi connectivity index (χ1n) is 5.46. The normalized spacial score (nSPS) is 12.8. The van der Waals surface area contributed by atoms with Crippen LogP contribution in [0.4, 0.5) is 0 Å². The van der Waals surface area contributed by atoms with Gasteiger partial charge in [-0.1, -0.05) is 34.1 Å². The van der Waals surface area contributed by atoms with Crippen LogP contribution in [0.5, 0.6) is 0 Å². The number of halogens is 2. The third kappa shape index (κ3) is 2.67. The quantitative estimate of drug-likeness (QED) is 0.573. The molecule has 0 nitrogen and oxygen atoms in total. The minimum absolute atomic E-state index is 0.274. The molecule has 1 aromatic carbocycles. The van der Waals surface area contributed by atoms with E-state index in [0.29, 0.717) is 0 Å². The van der Waals surface area contributed by atoms with Crippen LogP contribution < -0.4 is 0 Å². The predicted octanol–water partition coefficient (Wildman–Crippen LogP) is 5.92. The molecule has 0 saturated carbocycles. The lowest BCUT2D eigenvalue weighted by Gasteiger charge is -2.14. The Morgan fingerprint density at radius 3 is 2.47 bits per heavy atom. The zero-order valence-electron chi connectivity index (χ0n) is 10.1. The van der Waals surface area contributed by atoms with Crippen molar-refractivity contribution in [1.82, 2.24) is 0 Å². The Kier molecular flexibility index (Phi) is 4.11. The number of aryl methyl sites for hydroxylation is 2. The van der Waals surface area contributed by atoms with E-state index in [2.05, 4.69) is 76.9 Å². The molecule has 2 aromatic rings. The summed E-state index contributed by atoms with van der Waals surface area (Å²) in [6.07, 6.45) is 0. The predicted molar refractivity (Wildman–Crippen MR) is 83.4 cm³/mol. The van der Waals surface area contributed by atoms with Crippen LogP contribution in [0.15, 0.2) is 28.7 Å². The van der Waals surface area contributed by atoms with E-state index < -0.39 is 0 Å². The fourth-order valence-electron chi connectivity index (χ4n) is 1.86. The lowest BCUT2D eigenvalue weighted by atomic mass is 10.0. The highest BCUT2D eigenvalue weighted by molar-refractivity contribution is 9.11. The van der Waals surface area contributed by atoms with Gasteiger partial charge in [-0.3, -0.25) is 0 Å². The van der Waals surface area contributed by atoms with E-state index >= 15 is 0 Å². The van der Waals surface area contributed by atoms with E-state index in [1.807, 2.05) is 11.3 Å². The molecule has 0 aliphatic carbocycles. The molecular weight excluding hydrogens is 360 g/mol. The van der Waals surface area contributed by atoms with Crippen molar-refractivity contribution >= 4 is 43.2 Å². The molecular formula is C14H14Br2S. The fraction of sp³-hybridized carbons (Fsp3) is 0.286. The third-order valence-corrected chi connectivity index (χ3v) is 6.27. The Labute approximate surface area is 123 Å². The SMILES string of the molecule is Cc1cc(Br)c(C(Br)c2cccc(C)c2C)s1. The molecule has 0 spiro atoms. The van der Waals surface area contributed by atoms with Crippen LogP contribution in [0, 0.1) is 20.8 Å². The minimum Gasteiger partial charge on any atom is -0.143 e. The molecule has 0 amide bonds. The van der Waals surface area contributed by atoms with Crippen LogP contribution in [0.2, 0.25) is 0 Å². The first kappa shape index (κ1) is 13.3. The summed E-state index contributed by atoms with van der Waals surface area (Å²) in [5, 5.41) is 0. The monoisotopic (exact) mass is 372 g/mol. The number of benzene rings is 1. The van der Waals surface area contributed by atoms with Gasteiger partial charge in [0.1, 0.15) is 0 Å². The average Bonchev–Trinajstić information content (AvgIpc) is 2.61. The van der Waals surface area contributed by atoms with Gasteiger partial charge in [0.2, 0.25) is 0 Å². The maximum atomic E-state index is 3.82. The molecule has 2 rings (SSSR count). The Bertz CT molecular complexity index is 543. The molecule has 0 saturated heterocycles. The van der Waals surface area contributed by atoms with Crippen molar-refractivity contribution in [3.05, 3.63) is 55.2 Å². The van der Waals surface area contributed by atoms with Gasteiger partial charge < -0.3 is 0 Å². The van der Waals surface area contributed by atoms with Crippen molar-refractivity contribution in [2.75, 3.05) is 0 Å². The van der Waals surface area contributed by atoms with Crippen LogP contribution in [-0.2, 0) is 0 Å². The van der Waals surface area contributed by atoms with E-state index in [-0.39, 0.29) is 4.83 Å². The Balaban J connectivity index is 2.47. The van der Waals surface area contributed by atoms with Crippen LogP contribution >= 0.6 is 43.2 Å². The second kappa shape index (κ2) is 5.25. The van der Waals surface area contributed by atoms with E-state index in [9.17, 15) is 0 Å². The van der Waals surface area contributed by atoms with Gasteiger partial charge in [-0.25, -0.2) is 0 Å². The second-order valence-electron chi connectivity index (χ2n) is 4.22. The standard InChI is InChI=1S/C14H14Br2S/c1-8-5-4-6-11(10(8)3)13(16)14-12(15)7-9(2)17-14/h4-7,13H,1-3H3. The lowest BCUT2D eigenvalue weighted by Crippen LogP contribution is -1.96. The summed E-state index contributed by atoms with van der Waals surface area (Å²) in [5.74, 6) is 0. The van der Waals surface area contributed by atoms with Gasteiger partial charge in [0.25, 0.3) is 0 Å². The molecule has 17 heavy (non-hydrogen) atoms. The fourth-order valence-corrected chi connectivity index (χ4v) is 5.07. The molecule has 0 N–H and O–H groups in total. The molecule has 1 atom stereocenters. The van der Waals surface area contributed by atoms with E-state index in [4.69, 9.17) is 0 Å². The maximum absolute atomic E-state index is 3.82. The summed E-state index contributed by atoms with van der Waals surface area (Å²) < 4.78 is 1.20. The van der Waals surface area contributed by atoms with Crippen molar-refractivity contribution < 1.29 is 0 Å². The van der Waals surface area contributed by atoms with Crippen molar-refractivity contribution in [3.63, 3.8) is 0 Å². The van der Waals surface area contributed by atoms with Crippen molar-refractivity contribution in [2.24, 2.45) is 0 Å².